The van der Waals surface area contributed by atoms with Crippen molar-refractivity contribution in [1.82, 2.24) is 4.98 Å². The molecule has 110 valence electrons. The minimum absolute atomic E-state index is 0.0400. The maximum absolute atomic E-state index is 11.9. The summed E-state index contributed by atoms with van der Waals surface area (Å²) in [4.78, 5) is 28.0. The molecule has 1 rings (SSSR count). The van der Waals surface area contributed by atoms with Crippen LogP contribution >= 0.6 is 0 Å². The highest BCUT2D eigenvalue weighted by atomic mass is 16.5. The lowest BCUT2D eigenvalue weighted by molar-refractivity contribution is 0.0594. The van der Waals surface area contributed by atoms with Gasteiger partial charge in [-0.3, -0.25) is 4.98 Å². The Kier molecular flexibility index (Phi) is 5.64. The van der Waals surface area contributed by atoms with Crippen LogP contribution in [0.25, 0.3) is 0 Å². The van der Waals surface area contributed by atoms with Crippen LogP contribution in [0.5, 0.6) is 0 Å². The van der Waals surface area contributed by atoms with Crippen LogP contribution in [-0.2, 0) is 15.9 Å². The van der Waals surface area contributed by atoms with Crippen molar-refractivity contribution in [1.29, 1.82) is 0 Å². The van der Waals surface area contributed by atoms with Crippen molar-refractivity contribution >= 4 is 11.9 Å². The van der Waals surface area contributed by atoms with Crippen molar-refractivity contribution < 1.29 is 24.2 Å². The Labute approximate surface area is 117 Å². The third-order valence-electron chi connectivity index (χ3n) is 3.03. The summed E-state index contributed by atoms with van der Waals surface area (Å²) in [5.74, 6) is -1.10. The van der Waals surface area contributed by atoms with E-state index in [9.17, 15) is 9.59 Å². The number of hydrogen-bond acceptors (Lipinski definition) is 6. The van der Waals surface area contributed by atoms with E-state index in [-0.39, 0.29) is 17.7 Å². The summed E-state index contributed by atoms with van der Waals surface area (Å²) < 4.78 is 9.50. The van der Waals surface area contributed by atoms with Gasteiger partial charge >= 0.3 is 11.9 Å². The number of ether oxygens (including phenoxy) is 2. The quantitative estimate of drug-likeness (QED) is 0.816. The molecule has 0 aliphatic rings. The van der Waals surface area contributed by atoms with Gasteiger partial charge in [-0.15, -0.1) is 0 Å². The van der Waals surface area contributed by atoms with Crippen LogP contribution in [0, 0.1) is 13.8 Å². The van der Waals surface area contributed by atoms with Crippen molar-refractivity contribution in [3.63, 3.8) is 0 Å². The smallest absolute Gasteiger partial charge is 0.340 e. The van der Waals surface area contributed by atoms with Gasteiger partial charge in [0.1, 0.15) is 0 Å². The van der Waals surface area contributed by atoms with Gasteiger partial charge < -0.3 is 14.6 Å². The van der Waals surface area contributed by atoms with E-state index in [1.807, 2.05) is 0 Å². The summed E-state index contributed by atoms with van der Waals surface area (Å²) >= 11 is 0. The Bertz CT molecular complexity index is 485. The summed E-state index contributed by atoms with van der Waals surface area (Å²) in [7, 11) is 2.55. The van der Waals surface area contributed by atoms with Crippen LogP contribution in [0.3, 0.4) is 0 Å². The second-order valence-electron chi connectivity index (χ2n) is 4.32. The molecule has 1 aromatic rings. The third-order valence-corrected chi connectivity index (χ3v) is 3.03. The van der Waals surface area contributed by atoms with Gasteiger partial charge in [0.05, 0.1) is 36.7 Å². The summed E-state index contributed by atoms with van der Waals surface area (Å²) in [6, 6.07) is 0. The normalized spacial score (nSPS) is 10.2. The first-order valence-corrected chi connectivity index (χ1v) is 6.25. The number of carbonyl (C=O) groups is 2. The fraction of sp³-hybridized carbons (Fsp3) is 0.500. The minimum Gasteiger partial charge on any atom is -0.465 e. The molecule has 0 aliphatic carbocycles. The molecule has 6 heteroatoms. The number of methoxy groups -OCH3 is 2. The number of aromatic nitrogens is 1. The Hall–Kier alpha value is -1.95. The fourth-order valence-corrected chi connectivity index (χ4v) is 2.18. The predicted octanol–water partition coefficient (Wildman–Crippen LogP) is 1.20. The molecule has 0 saturated carbocycles. The van der Waals surface area contributed by atoms with Gasteiger partial charge in [-0.1, -0.05) is 0 Å². The molecule has 0 amide bonds. The van der Waals surface area contributed by atoms with E-state index in [0.717, 1.165) is 0 Å². The van der Waals surface area contributed by atoms with E-state index in [2.05, 4.69) is 4.98 Å². The van der Waals surface area contributed by atoms with Crippen LogP contribution in [0.1, 0.15) is 44.1 Å². The van der Waals surface area contributed by atoms with E-state index in [4.69, 9.17) is 14.6 Å². The van der Waals surface area contributed by atoms with Crippen LogP contribution in [0.15, 0.2) is 0 Å². The van der Waals surface area contributed by atoms with Gasteiger partial charge in [-0.2, -0.15) is 0 Å². The molecule has 0 atom stereocenters. The molecule has 0 unspecified atom stereocenters. The maximum Gasteiger partial charge on any atom is 0.340 e. The highest BCUT2D eigenvalue weighted by Crippen LogP contribution is 2.23. The summed E-state index contributed by atoms with van der Waals surface area (Å²) in [6.07, 6.45) is 0.798. The molecule has 0 saturated heterocycles. The van der Waals surface area contributed by atoms with E-state index in [0.29, 0.717) is 29.8 Å². The molecule has 6 nitrogen and oxygen atoms in total. The standard InChI is InChI=1S/C14H19NO5/c1-8-11(13(17)19-3)10(6-5-7-16)12(9(2)15-8)14(18)20-4/h16H,5-7H2,1-4H3. The van der Waals surface area contributed by atoms with Gasteiger partial charge in [-0.25, -0.2) is 9.59 Å². The van der Waals surface area contributed by atoms with E-state index < -0.39 is 11.9 Å². The number of aliphatic hydroxyl groups is 1. The van der Waals surface area contributed by atoms with E-state index in [1.54, 1.807) is 13.8 Å². The van der Waals surface area contributed by atoms with Gasteiger partial charge in [0, 0.05) is 6.61 Å². The molecule has 1 aromatic heterocycles. The second-order valence-corrected chi connectivity index (χ2v) is 4.32. The van der Waals surface area contributed by atoms with Crippen LogP contribution in [0.4, 0.5) is 0 Å². The molecule has 1 heterocycles. The third kappa shape index (κ3) is 3.14. The minimum atomic E-state index is -0.548. The van der Waals surface area contributed by atoms with Crippen molar-refractivity contribution in [2.45, 2.75) is 26.7 Å². The molecule has 0 aromatic carbocycles. The van der Waals surface area contributed by atoms with Crippen LogP contribution in [-0.4, -0.2) is 42.9 Å². The largest absolute Gasteiger partial charge is 0.465 e. The molecular weight excluding hydrogens is 262 g/mol. The molecule has 0 aliphatic heterocycles. The van der Waals surface area contributed by atoms with Crippen molar-refractivity contribution in [2.24, 2.45) is 0 Å². The maximum atomic E-state index is 11.9. The molecule has 0 radical (unpaired) electrons. The SMILES string of the molecule is COC(=O)c1c(C)nc(C)c(C(=O)OC)c1CCCO. The summed E-state index contributed by atoms with van der Waals surface area (Å²) in [5, 5.41) is 8.99. The lowest BCUT2D eigenvalue weighted by Gasteiger charge is -2.16. The molecular formula is C14H19NO5. The molecule has 1 N–H and O–H groups in total. The Morgan fingerprint density at radius 2 is 1.50 bits per heavy atom. The number of rotatable bonds is 5. The summed E-state index contributed by atoms with van der Waals surface area (Å²) in [5.41, 5.74) is 2.05. The Morgan fingerprint density at radius 1 is 1.05 bits per heavy atom. The molecule has 0 fully saturated rings. The summed E-state index contributed by atoms with van der Waals surface area (Å²) in [6.45, 7) is 3.33. The number of carbonyl (C=O) groups excluding carboxylic acids is 2. The zero-order chi connectivity index (χ0) is 15.3. The van der Waals surface area contributed by atoms with Gasteiger partial charge in [-0.05, 0) is 32.3 Å². The van der Waals surface area contributed by atoms with Gasteiger partial charge in [0.25, 0.3) is 0 Å². The highest BCUT2D eigenvalue weighted by Gasteiger charge is 2.25. The number of hydrogen-bond donors (Lipinski definition) is 1. The van der Waals surface area contributed by atoms with E-state index in [1.165, 1.54) is 14.2 Å². The van der Waals surface area contributed by atoms with Crippen molar-refractivity contribution in [3.8, 4) is 0 Å². The average molecular weight is 281 g/mol. The lowest BCUT2D eigenvalue weighted by Crippen LogP contribution is -2.18. The molecule has 20 heavy (non-hydrogen) atoms. The number of aliphatic hydroxyl groups excluding tert-OH is 1. The van der Waals surface area contributed by atoms with Gasteiger partial charge in [0.2, 0.25) is 0 Å². The average Bonchev–Trinajstić information content (AvgIpc) is 2.43. The lowest BCUT2D eigenvalue weighted by atomic mass is 9.95. The first-order valence-electron chi connectivity index (χ1n) is 6.25. The Balaban J connectivity index is 3.56. The van der Waals surface area contributed by atoms with Crippen LogP contribution < -0.4 is 0 Å². The topological polar surface area (TPSA) is 85.7 Å². The second kappa shape index (κ2) is 7.00. The van der Waals surface area contributed by atoms with Gasteiger partial charge in [0.15, 0.2) is 0 Å². The molecule has 0 spiro atoms. The number of pyridine rings is 1. The van der Waals surface area contributed by atoms with Crippen molar-refractivity contribution in [2.75, 3.05) is 20.8 Å². The number of nitrogens with zero attached hydrogens (tertiary/aromatic N) is 1. The first kappa shape index (κ1) is 16.1. The fourth-order valence-electron chi connectivity index (χ4n) is 2.18. The highest BCUT2D eigenvalue weighted by molar-refractivity contribution is 5.99. The zero-order valence-corrected chi connectivity index (χ0v) is 12.1. The first-order chi connectivity index (χ1) is 9.47. The number of esters is 2. The zero-order valence-electron chi connectivity index (χ0n) is 12.1. The Morgan fingerprint density at radius 3 is 1.85 bits per heavy atom. The predicted molar refractivity (Wildman–Crippen MR) is 71.8 cm³/mol. The van der Waals surface area contributed by atoms with E-state index >= 15 is 0 Å². The van der Waals surface area contributed by atoms with Crippen molar-refractivity contribution in [3.05, 3.63) is 28.1 Å². The van der Waals surface area contributed by atoms with Crippen LogP contribution in [0.2, 0.25) is 0 Å². The monoisotopic (exact) mass is 281 g/mol. The number of aryl methyl sites for hydroxylation is 2. The molecule has 0 bridgehead atoms.